The first-order valence-electron chi connectivity index (χ1n) is 10.7. The van der Waals surface area contributed by atoms with E-state index in [0.29, 0.717) is 11.3 Å². The van der Waals surface area contributed by atoms with E-state index in [1.807, 2.05) is 12.1 Å². The Hall–Kier alpha value is -3.58. The van der Waals surface area contributed by atoms with Gasteiger partial charge in [-0.15, -0.1) is 0 Å². The van der Waals surface area contributed by atoms with Gasteiger partial charge in [0.1, 0.15) is 12.0 Å². The molecule has 0 aliphatic carbocycles. The maximum atomic E-state index is 10.7. The number of ether oxygens (including phenoxy) is 1. The molecule has 0 amide bonds. The van der Waals surface area contributed by atoms with Crippen LogP contribution in [0.5, 0.6) is 5.75 Å². The van der Waals surface area contributed by atoms with E-state index in [1.165, 1.54) is 22.4 Å². The van der Waals surface area contributed by atoms with Crippen molar-refractivity contribution in [1.29, 1.82) is 0 Å². The van der Waals surface area contributed by atoms with E-state index >= 15 is 0 Å². The number of carbonyl (C=O) groups is 2. The minimum atomic E-state index is 0.284. The van der Waals surface area contributed by atoms with Crippen molar-refractivity contribution in [3.05, 3.63) is 83.4 Å². The lowest BCUT2D eigenvalue weighted by atomic mass is 10.1. The average molecular weight is 478 g/mol. The van der Waals surface area contributed by atoms with E-state index in [4.69, 9.17) is 4.74 Å². The van der Waals surface area contributed by atoms with E-state index in [1.54, 1.807) is 55.3 Å². The smallest absolute Gasteiger partial charge is 0.152 e. The Morgan fingerprint density at radius 1 is 0.941 bits per heavy atom. The van der Waals surface area contributed by atoms with Crippen LogP contribution < -0.4 is 9.04 Å². The largest absolute Gasteiger partial charge is 0.497 e. The van der Waals surface area contributed by atoms with Gasteiger partial charge in [0, 0.05) is 30.2 Å². The zero-order valence-corrected chi connectivity index (χ0v) is 21.1. The van der Waals surface area contributed by atoms with Crippen LogP contribution in [0.25, 0.3) is 0 Å². The first-order valence-corrected chi connectivity index (χ1v) is 11.5. The standard InChI is InChI=1S/C16H19NOS.C11H12N2O2/c1-12-5-10-16(11-13(12)2)19-17(3)14-6-8-15(18-4)9-7-14;1-13(6-7-14)9-12-11-5-3-2-4-10(11)8-15/h5-11H,1-4H3;2-5,7-9H,6H2,1H3. The van der Waals surface area contributed by atoms with E-state index in [-0.39, 0.29) is 6.54 Å². The molecule has 0 aliphatic heterocycles. The van der Waals surface area contributed by atoms with Crippen LogP contribution in [0.2, 0.25) is 0 Å². The Bertz CT molecular complexity index is 1100. The maximum Gasteiger partial charge on any atom is 0.152 e. The summed E-state index contributed by atoms with van der Waals surface area (Å²) in [5.74, 6) is 0.883. The number of aldehydes is 2. The van der Waals surface area contributed by atoms with Crippen molar-refractivity contribution in [3.8, 4) is 5.75 Å². The van der Waals surface area contributed by atoms with Gasteiger partial charge in [-0.05, 0) is 85.5 Å². The predicted molar refractivity (Wildman–Crippen MR) is 142 cm³/mol. The Labute approximate surface area is 206 Å². The first kappa shape index (κ1) is 26.7. The van der Waals surface area contributed by atoms with Gasteiger partial charge in [-0.1, -0.05) is 18.2 Å². The fraction of sp³-hybridized carbons (Fsp3) is 0.222. The number of rotatable bonds is 9. The zero-order valence-electron chi connectivity index (χ0n) is 20.3. The van der Waals surface area contributed by atoms with E-state index < -0.39 is 0 Å². The lowest BCUT2D eigenvalue weighted by molar-refractivity contribution is -0.107. The first-order chi connectivity index (χ1) is 16.4. The summed E-state index contributed by atoms with van der Waals surface area (Å²) in [7, 11) is 5.49. The maximum absolute atomic E-state index is 10.7. The summed E-state index contributed by atoms with van der Waals surface area (Å²) in [6, 6.07) is 21.7. The second-order valence-corrected chi connectivity index (χ2v) is 8.76. The summed E-state index contributed by atoms with van der Waals surface area (Å²) < 4.78 is 7.33. The third kappa shape index (κ3) is 8.41. The van der Waals surface area contributed by atoms with Crippen LogP contribution in [-0.2, 0) is 4.79 Å². The van der Waals surface area contributed by atoms with Crippen molar-refractivity contribution in [3.63, 3.8) is 0 Å². The van der Waals surface area contributed by atoms with Crippen LogP contribution in [0.4, 0.5) is 11.4 Å². The second-order valence-electron chi connectivity index (χ2n) is 7.56. The van der Waals surface area contributed by atoms with Gasteiger partial charge >= 0.3 is 0 Å². The van der Waals surface area contributed by atoms with Crippen LogP contribution in [-0.4, -0.2) is 51.6 Å². The number of hydrogen-bond acceptors (Lipinski definition) is 6. The number of aliphatic imine (C=N–C) groups is 1. The van der Waals surface area contributed by atoms with Crippen molar-refractivity contribution >= 4 is 42.2 Å². The number of nitrogens with zero attached hydrogens (tertiary/aromatic N) is 3. The Kier molecular flexibility index (Phi) is 10.9. The number of benzene rings is 3. The molecule has 3 aromatic carbocycles. The molecule has 0 fully saturated rings. The van der Waals surface area contributed by atoms with Crippen molar-refractivity contribution < 1.29 is 14.3 Å². The molecule has 7 heteroatoms. The number of hydrogen-bond donors (Lipinski definition) is 0. The highest BCUT2D eigenvalue weighted by Gasteiger charge is 2.05. The highest BCUT2D eigenvalue weighted by Crippen LogP contribution is 2.29. The Balaban J connectivity index is 0.000000248. The molecule has 0 atom stereocenters. The fourth-order valence-electron chi connectivity index (χ4n) is 2.80. The Morgan fingerprint density at radius 3 is 2.26 bits per heavy atom. The lowest BCUT2D eigenvalue weighted by Gasteiger charge is -2.18. The predicted octanol–water partition coefficient (Wildman–Crippen LogP) is 5.75. The normalized spacial score (nSPS) is 10.3. The molecular formula is C27H31N3O3S. The number of anilines is 1. The SMILES string of the molecule is CN(C=Nc1ccccc1C=O)CC=O.COc1ccc(N(C)Sc2ccc(C)c(C)c2)cc1. The van der Waals surface area contributed by atoms with Crippen molar-refractivity contribution in [1.82, 2.24) is 4.90 Å². The molecule has 0 spiro atoms. The highest BCUT2D eigenvalue weighted by molar-refractivity contribution is 8.00. The van der Waals surface area contributed by atoms with Crippen molar-refractivity contribution in [2.45, 2.75) is 18.7 Å². The molecule has 0 unspecified atom stereocenters. The molecule has 0 aromatic heterocycles. The molecule has 0 saturated carbocycles. The molecule has 6 nitrogen and oxygen atoms in total. The third-order valence-electron chi connectivity index (χ3n) is 4.98. The molecule has 0 heterocycles. The minimum Gasteiger partial charge on any atom is -0.497 e. The molecule has 3 rings (SSSR count). The molecule has 34 heavy (non-hydrogen) atoms. The molecule has 0 bridgehead atoms. The van der Waals surface area contributed by atoms with Crippen LogP contribution in [0, 0.1) is 13.8 Å². The number of carbonyl (C=O) groups excluding carboxylic acids is 2. The van der Waals surface area contributed by atoms with Crippen molar-refractivity contribution in [2.24, 2.45) is 4.99 Å². The Morgan fingerprint density at radius 2 is 1.65 bits per heavy atom. The van der Waals surface area contributed by atoms with Gasteiger partial charge in [0.15, 0.2) is 6.29 Å². The molecule has 0 saturated heterocycles. The van der Waals surface area contributed by atoms with E-state index in [9.17, 15) is 9.59 Å². The molecule has 0 radical (unpaired) electrons. The minimum absolute atomic E-state index is 0.284. The van der Waals surface area contributed by atoms with Gasteiger partial charge in [-0.25, -0.2) is 4.99 Å². The number of likely N-dealkylation sites (N-methyl/N-ethyl adjacent to an activating group) is 1. The quantitative estimate of drug-likeness (QED) is 0.169. The summed E-state index contributed by atoms with van der Waals surface area (Å²) in [4.78, 5) is 27.8. The van der Waals surface area contributed by atoms with Gasteiger partial charge in [-0.2, -0.15) is 0 Å². The molecule has 0 aliphatic rings. The second kappa shape index (κ2) is 13.9. The van der Waals surface area contributed by atoms with E-state index in [0.717, 1.165) is 24.0 Å². The molecule has 178 valence electrons. The summed E-state index contributed by atoms with van der Waals surface area (Å²) in [5.41, 5.74) is 4.95. The summed E-state index contributed by atoms with van der Waals surface area (Å²) in [6.07, 6.45) is 3.07. The third-order valence-corrected chi connectivity index (χ3v) is 5.93. The van der Waals surface area contributed by atoms with Gasteiger partial charge in [-0.3, -0.25) is 4.79 Å². The molecular weight excluding hydrogens is 446 g/mol. The average Bonchev–Trinajstić information content (AvgIpc) is 2.85. The fourth-order valence-corrected chi connectivity index (χ4v) is 3.71. The summed E-state index contributed by atoms with van der Waals surface area (Å²) in [5, 5.41) is 0. The van der Waals surface area contributed by atoms with Crippen LogP contribution >= 0.6 is 11.9 Å². The molecule has 0 N–H and O–H groups in total. The van der Waals surface area contributed by atoms with Gasteiger partial charge in [0.05, 0.1) is 25.7 Å². The van der Waals surface area contributed by atoms with Crippen LogP contribution in [0.3, 0.4) is 0 Å². The van der Waals surface area contributed by atoms with Gasteiger partial charge < -0.3 is 18.7 Å². The van der Waals surface area contributed by atoms with Crippen molar-refractivity contribution in [2.75, 3.05) is 32.1 Å². The van der Waals surface area contributed by atoms with Crippen LogP contribution in [0.15, 0.2) is 76.6 Å². The summed E-state index contributed by atoms with van der Waals surface area (Å²) >= 11 is 1.73. The van der Waals surface area contributed by atoms with Gasteiger partial charge in [0.25, 0.3) is 0 Å². The zero-order chi connectivity index (χ0) is 24.9. The number of methoxy groups -OCH3 is 1. The van der Waals surface area contributed by atoms with E-state index in [2.05, 4.69) is 60.5 Å². The molecule has 3 aromatic rings. The number of aryl methyl sites for hydroxylation is 2. The number of para-hydroxylation sites is 1. The monoisotopic (exact) mass is 477 g/mol. The van der Waals surface area contributed by atoms with Gasteiger partial charge in [0.2, 0.25) is 0 Å². The van der Waals surface area contributed by atoms with Crippen LogP contribution in [0.1, 0.15) is 21.5 Å². The topological polar surface area (TPSA) is 62.2 Å². The highest BCUT2D eigenvalue weighted by atomic mass is 32.2. The lowest BCUT2D eigenvalue weighted by Crippen LogP contribution is -2.17. The summed E-state index contributed by atoms with van der Waals surface area (Å²) in [6.45, 7) is 4.57.